The van der Waals surface area contributed by atoms with Crippen LogP contribution in [0.1, 0.15) is 134 Å². The van der Waals surface area contributed by atoms with E-state index in [1.807, 2.05) is 0 Å². The molecule has 0 heteroatoms. The molecule has 1 aromatic carbocycles. The van der Waals surface area contributed by atoms with Gasteiger partial charge in [-0.1, -0.05) is 102 Å². The van der Waals surface area contributed by atoms with E-state index in [-0.39, 0.29) is 0 Å². The Balaban J connectivity index is 1.42. The molecule has 0 N–H and O–H groups in total. The smallest absolute Gasteiger partial charge is 0.0162 e. The first-order valence-electron chi connectivity index (χ1n) is 13.1. The summed E-state index contributed by atoms with van der Waals surface area (Å²) in [5, 5.41) is 0. The van der Waals surface area contributed by atoms with Crippen LogP contribution in [0.15, 0.2) is 30.3 Å². The van der Waals surface area contributed by atoms with Crippen molar-refractivity contribution in [3.8, 4) is 0 Å². The highest BCUT2D eigenvalue weighted by molar-refractivity contribution is 5.66. The number of hydrogen-bond donors (Lipinski definition) is 0. The first-order valence-corrected chi connectivity index (χ1v) is 13.1. The predicted molar refractivity (Wildman–Crippen MR) is 129 cm³/mol. The van der Waals surface area contributed by atoms with Gasteiger partial charge in [-0.15, -0.1) is 0 Å². The summed E-state index contributed by atoms with van der Waals surface area (Å²) in [6.45, 7) is 4.63. The van der Waals surface area contributed by atoms with Gasteiger partial charge < -0.3 is 0 Å². The maximum atomic E-state index is 2.56. The van der Waals surface area contributed by atoms with Gasteiger partial charge >= 0.3 is 0 Å². The van der Waals surface area contributed by atoms with Crippen molar-refractivity contribution in [2.24, 2.45) is 11.8 Å². The zero-order valence-electron chi connectivity index (χ0n) is 19.4. The van der Waals surface area contributed by atoms with E-state index in [1.165, 1.54) is 108 Å². The molecule has 1 saturated carbocycles. The average Bonchev–Trinajstić information content (AvgIpc) is 2.78. The molecule has 0 bridgehead atoms. The van der Waals surface area contributed by atoms with Crippen molar-refractivity contribution in [1.82, 2.24) is 0 Å². The minimum atomic E-state index is 0.819. The second-order valence-corrected chi connectivity index (χ2v) is 10.1. The van der Waals surface area contributed by atoms with Gasteiger partial charge in [0.15, 0.2) is 0 Å². The molecule has 2 aliphatic carbocycles. The van der Waals surface area contributed by atoms with Crippen LogP contribution in [-0.2, 0) is 0 Å². The lowest BCUT2D eigenvalue weighted by molar-refractivity contribution is 0.304. The third-order valence-corrected chi connectivity index (χ3v) is 7.80. The normalized spacial score (nSPS) is 25.0. The fourth-order valence-corrected chi connectivity index (χ4v) is 5.70. The standard InChI is InChI=1S/C29H46/c1-3-5-7-8-9-11-25-14-18-27(19-15-25)29-22-20-28(21-23-29)26-16-12-24(13-17-26)10-6-4-2/h18,20-26H,3-17,19H2,1-2H3/t24-,25?,26-. The second kappa shape index (κ2) is 12.6. The lowest BCUT2D eigenvalue weighted by atomic mass is 9.76. The summed E-state index contributed by atoms with van der Waals surface area (Å²) in [7, 11) is 0. The minimum absolute atomic E-state index is 0.819. The number of allylic oxidation sites excluding steroid dienone is 2. The molecule has 0 aliphatic heterocycles. The lowest BCUT2D eigenvalue weighted by Crippen LogP contribution is -2.13. The molecule has 0 aromatic heterocycles. The molecule has 0 nitrogen and oxygen atoms in total. The molecule has 0 heterocycles. The van der Waals surface area contributed by atoms with Gasteiger partial charge in [-0.2, -0.15) is 0 Å². The van der Waals surface area contributed by atoms with Crippen molar-refractivity contribution in [2.75, 3.05) is 0 Å². The van der Waals surface area contributed by atoms with Crippen LogP contribution >= 0.6 is 0 Å². The van der Waals surface area contributed by atoms with E-state index in [9.17, 15) is 0 Å². The Bertz CT molecular complexity index is 585. The SMILES string of the molecule is CCCCCCCC1CC=C(c2ccc([C@H]3CC[C@H](CCCC)CC3)cc2)CC1. The van der Waals surface area contributed by atoms with Gasteiger partial charge in [0, 0.05) is 0 Å². The molecule has 0 amide bonds. The average molecular weight is 395 g/mol. The highest BCUT2D eigenvalue weighted by Crippen LogP contribution is 2.39. The molecule has 29 heavy (non-hydrogen) atoms. The van der Waals surface area contributed by atoms with Gasteiger partial charge in [-0.3, -0.25) is 0 Å². The van der Waals surface area contributed by atoms with Crippen LogP contribution in [0.4, 0.5) is 0 Å². The Morgan fingerprint density at radius 1 is 0.690 bits per heavy atom. The summed E-state index contributed by atoms with van der Waals surface area (Å²) in [5.41, 5.74) is 4.71. The van der Waals surface area contributed by atoms with E-state index in [4.69, 9.17) is 0 Å². The number of hydrogen-bond acceptors (Lipinski definition) is 0. The van der Waals surface area contributed by atoms with Crippen molar-refractivity contribution in [1.29, 1.82) is 0 Å². The molecular formula is C29H46. The zero-order valence-corrected chi connectivity index (χ0v) is 19.4. The van der Waals surface area contributed by atoms with Gasteiger partial charge in [0.1, 0.15) is 0 Å². The number of rotatable bonds is 11. The summed E-state index contributed by atoms with van der Waals surface area (Å²) in [6, 6.07) is 9.75. The Morgan fingerprint density at radius 3 is 2.03 bits per heavy atom. The van der Waals surface area contributed by atoms with Crippen LogP contribution in [0.25, 0.3) is 5.57 Å². The van der Waals surface area contributed by atoms with E-state index in [1.54, 1.807) is 11.1 Å². The van der Waals surface area contributed by atoms with Crippen LogP contribution in [0.5, 0.6) is 0 Å². The van der Waals surface area contributed by atoms with Crippen LogP contribution in [0, 0.1) is 11.8 Å². The quantitative estimate of drug-likeness (QED) is 0.328. The van der Waals surface area contributed by atoms with E-state index >= 15 is 0 Å². The zero-order chi connectivity index (χ0) is 20.3. The molecule has 1 fully saturated rings. The third-order valence-electron chi connectivity index (χ3n) is 7.80. The van der Waals surface area contributed by atoms with Crippen LogP contribution in [0.3, 0.4) is 0 Å². The molecule has 3 rings (SSSR count). The largest absolute Gasteiger partial charge is 0.0804 e. The van der Waals surface area contributed by atoms with Crippen molar-refractivity contribution < 1.29 is 0 Å². The molecule has 0 saturated heterocycles. The van der Waals surface area contributed by atoms with Crippen molar-refractivity contribution in [3.05, 3.63) is 41.5 Å². The van der Waals surface area contributed by atoms with E-state index in [0.717, 1.165) is 17.8 Å². The van der Waals surface area contributed by atoms with Crippen LogP contribution < -0.4 is 0 Å². The Morgan fingerprint density at radius 2 is 1.38 bits per heavy atom. The van der Waals surface area contributed by atoms with Crippen molar-refractivity contribution in [2.45, 2.75) is 122 Å². The number of unbranched alkanes of at least 4 members (excludes halogenated alkanes) is 5. The Hall–Kier alpha value is -1.04. The van der Waals surface area contributed by atoms with Crippen molar-refractivity contribution >= 4 is 5.57 Å². The van der Waals surface area contributed by atoms with E-state index < -0.39 is 0 Å². The predicted octanol–water partition coefficient (Wildman–Crippen LogP) is 9.69. The minimum Gasteiger partial charge on any atom is -0.0804 e. The molecule has 0 radical (unpaired) electrons. The summed E-state index contributed by atoms with van der Waals surface area (Å²) in [5.74, 6) is 2.78. The first-order chi connectivity index (χ1) is 14.3. The lowest BCUT2D eigenvalue weighted by Gasteiger charge is -2.29. The molecule has 1 aromatic rings. The topological polar surface area (TPSA) is 0 Å². The maximum absolute atomic E-state index is 2.56. The van der Waals surface area contributed by atoms with Gasteiger partial charge in [0.05, 0.1) is 0 Å². The Kier molecular flexibility index (Phi) is 9.84. The Labute approximate surface area is 181 Å². The molecule has 2 aliphatic rings. The van der Waals surface area contributed by atoms with E-state index in [0.29, 0.717) is 0 Å². The third kappa shape index (κ3) is 7.30. The summed E-state index contributed by atoms with van der Waals surface area (Å²) in [4.78, 5) is 0. The maximum Gasteiger partial charge on any atom is -0.0162 e. The van der Waals surface area contributed by atoms with Crippen molar-refractivity contribution in [3.63, 3.8) is 0 Å². The fraction of sp³-hybridized carbons (Fsp3) is 0.724. The van der Waals surface area contributed by atoms with Crippen LogP contribution in [-0.4, -0.2) is 0 Å². The number of benzene rings is 1. The summed E-state index contributed by atoms with van der Waals surface area (Å²) >= 11 is 0. The van der Waals surface area contributed by atoms with Gasteiger partial charge in [-0.05, 0) is 79.4 Å². The molecule has 162 valence electrons. The first kappa shape index (κ1) is 22.6. The van der Waals surface area contributed by atoms with Gasteiger partial charge in [0.25, 0.3) is 0 Å². The van der Waals surface area contributed by atoms with Gasteiger partial charge in [0.2, 0.25) is 0 Å². The molecule has 0 spiro atoms. The van der Waals surface area contributed by atoms with Crippen LogP contribution in [0.2, 0.25) is 0 Å². The monoisotopic (exact) mass is 394 g/mol. The van der Waals surface area contributed by atoms with E-state index in [2.05, 4.69) is 44.2 Å². The molecule has 1 unspecified atom stereocenters. The second-order valence-electron chi connectivity index (χ2n) is 10.1. The highest BCUT2D eigenvalue weighted by Gasteiger charge is 2.22. The summed E-state index contributed by atoms with van der Waals surface area (Å²) in [6.07, 6.45) is 25.1. The summed E-state index contributed by atoms with van der Waals surface area (Å²) < 4.78 is 0. The fourth-order valence-electron chi connectivity index (χ4n) is 5.70. The van der Waals surface area contributed by atoms with Gasteiger partial charge in [-0.25, -0.2) is 0 Å². The molecular weight excluding hydrogens is 348 g/mol. The highest BCUT2D eigenvalue weighted by atomic mass is 14.3. The molecule has 1 atom stereocenters.